The highest BCUT2D eigenvalue weighted by molar-refractivity contribution is 6.10. The third kappa shape index (κ3) is 6.75. The van der Waals surface area contributed by atoms with E-state index in [9.17, 15) is 0 Å². The Morgan fingerprint density at radius 3 is 1.09 bits per heavy atom. The van der Waals surface area contributed by atoms with Crippen molar-refractivity contribution < 1.29 is 9.47 Å². The quantitative estimate of drug-likeness (QED) is 0.153. The van der Waals surface area contributed by atoms with Crippen molar-refractivity contribution >= 4 is 38.9 Å². The molecule has 0 N–H and O–H groups in total. The molecule has 2 heterocycles. The first-order chi connectivity index (χ1) is 31.7. The van der Waals surface area contributed by atoms with Crippen molar-refractivity contribution in [3.8, 4) is 73.2 Å². The Morgan fingerprint density at radius 1 is 0.266 bits per heavy atom. The summed E-state index contributed by atoms with van der Waals surface area (Å²) in [6.45, 7) is 0. The molecule has 64 heavy (non-hydrogen) atoms. The fraction of sp³-hybridized carbons (Fsp3) is 0. The molecule has 0 fully saturated rings. The van der Waals surface area contributed by atoms with Crippen molar-refractivity contribution in [3.63, 3.8) is 0 Å². The highest BCUT2D eigenvalue weighted by atomic mass is 16.6. The highest BCUT2D eigenvalue weighted by Gasteiger charge is 2.23. The van der Waals surface area contributed by atoms with E-state index in [0.717, 1.165) is 78.5 Å². The minimum Gasteiger partial charge on any atom is -0.449 e. The van der Waals surface area contributed by atoms with Gasteiger partial charge in [0.05, 0.1) is 11.0 Å². The fourth-order valence-corrected chi connectivity index (χ4v) is 9.04. The lowest BCUT2D eigenvalue weighted by Gasteiger charge is -2.26. The first-order valence-corrected chi connectivity index (χ1v) is 21.6. The number of hydrogen-bond donors (Lipinski definition) is 0. The topological polar surface area (TPSA) is 26.6 Å². The van der Waals surface area contributed by atoms with Gasteiger partial charge >= 0.3 is 0 Å². The average molecular weight is 821 g/mol. The summed E-state index contributed by atoms with van der Waals surface area (Å²) in [4.78, 5) is 2.33. The van der Waals surface area contributed by atoms with Gasteiger partial charge in [0.15, 0.2) is 23.0 Å². The van der Waals surface area contributed by atoms with Crippen LogP contribution >= 0.6 is 0 Å². The first-order valence-electron chi connectivity index (χ1n) is 21.6. The Hall–Kier alpha value is -8.60. The molecule has 0 unspecified atom stereocenters. The number of benzene rings is 10. The van der Waals surface area contributed by atoms with Gasteiger partial charge in [0.1, 0.15) is 0 Å². The summed E-state index contributed by atoms with van der Waals surface area (Å²) in [5.74, 6) is 2.88. The number of hydrogen-bond acceptors (Lipinski definition) is 3. The van der Waals surface area contributed by atoms with Crippen molar-refractivity contribution in [2.45, 2.75) is 0 Å². The van der Waals surface area contributed by atoms with E-state index in [1.165, 1.54) is 27.8 Å². The van der Waals surface area contributed by atoms with Crippen molar-refractivity contribution in [1.29, 1.82) is 0 Å². The molecule has 0 atom stereocenters. The van der Waals surface area contributed by atoms with Gasteiger partial charge in [-0.05, 0) is 117 Å². The number of rotatable bonds is 8. The van der Waals surface area contributed by atoms with Crippen LogP contribution in [0, 0.1) is 0 Å². The Labute approximate surface area is 372 Å². The molecule has 1 aromatic heterocycles. The van der Waals surface area contributed by atoms with Crippen LogP contribution in [0.3, 0.4) is 0 Å². The van der Waals surface area contributed by atoms with Gasteiger partial charge in [0.25, 0.3) is 0 Å². The van der Waals surface area contributed by atoms with Crippen LogP contribution in [-0.2, 0) is 0 Å². The average Bonchev–Trinajstić information content (AvgIpc) is 3.69. The summed E-state index contributed by atoms with van der Waals surface area (Å²) in [6, 6.07) is 85.9. The van der Waals surface area contributed by atoms with Gasteiger partial charge in [-0.15, -0.1) is 0 Å². The van der Waals surface area contributed by atoms with E-state index in [1.807, 2.05) is 24.3 Å². The molecule has 302 valence electrons. The van der Waals surface area contributed by atoms with Crippen molar-refractivity contribution in [3.05, 3.63) is 243 Å². The molecule has 0 saturated heterocycles. The predicted molar refractivity (Wildman–Crippen MR) is 264 cm³/mol. The van der Waals surface area contributed by atoms with E-state index < -0.39 is 0 Å². The zero-order chi connectivity index (χ0) is 42.4. The van der Waals surface area contributed by atoms with Crippen LogP contribution in [0.15, 0.2) is 243 Å². The summed E-state index contributed by atoms with van der Waals surface area (Å²) in [5.41, 5.74) is 16.0. The smallest absolute Gasteiger partial charge is 0.172 e. The molecular formula is C60H40N2O2. The Morgan fingerprint density at radius 2 is 0.625 bits per heavy atom. The molecule has 4 heteroatoms. The number of ether oxygens (including phenoxy) is 2. The van der Waals surface area contributed by atoms with Crippen molar-refractivity contribution in [2.75, 3.05) is 4.90 Å². The van der Waals surface area contributed by atoms with Gasteiger partial charge in [0, 0.05) is 39.6 Å². The Kier molecular flexibility index (Phi) is 9.12. The molecule has 0 spiro atoms. The summed E-state index contributed by atoms with van der Waals surface area (Å²) in [6.07, 6.45) is 0. The summed E-state index contributed by atoms with van der Waals surface area (Å²) < 4.78 is 14.9. The van der Waals surface area contributed by atoms with Gasteiger partial charge < -0.3 is 18.9 Å². The number of aromatic nitrogens is 1. The third-order valence-corrected chi connectivity index (χ3v) is 12.3. The standard InChI is InChI=1S/C60H40N2O2/c1-3-11-41(12-4-1)45-23-31-49(32-24-45)61(50-33-25-46(26-34-50)42-13-5-2-6-14-42)51-35-27-47(28-36-51)43-19-21-44(22-20-43)48-29-37-52(38-30-48)62-55-16-8-7-15-53(55)54-39-59-60(40-56(54)62)64-58-18-10-9-17-57(58)63-59/h1-40H. The molecule has 0 bridgehead atoms. The van der Waals surface area contributed by atoms with Gasteiger partial charge in [-0.2, -0.15) is 0 Å². The normalized spacial score (nSPS) is 11.7. The van der Waals surface area contributed by atoms with Crippen LogP contribution in [0.1, 0.15) is 0 Å². The maximum absolute atomic E-state index is 6.34. The number of para-hydroxylation sites is 3. The lowest BCUT2D eigenvalue weighted by Crippen LogP contribution is -2.09. The van der Waals surface area contributed by atoms with Gasteiger partial charge in [-0.1, -0.05) is 164 Å². The minimum absolute atomic E-state index is 0.710. The van der Waals surface area contributed by atoms with Crippen LogP contribution < -0.4 is 14.4 Å². The molecular weight excluding hydrogens is 781 g/mol. The van der Waals surface area contributed by atoms with E-state index >= 15 is 0 Å². The van der Waals surface area contributed by atoms with Crippen LogP contribution in [0.5, 0.6) is 23.0 Å². The van der Waals surface area contributed by atoms with E-state index in [1.54, 1.807) is 0 Å². The molecule has 0 amide bonds. The Bertz CT molecular complexity index is 3350. The second kappa shape index (κ2) is 15.7. The molecule has 10 aromatic carbocycles. The lowest BCUT2D eigenvalue weighted by atomic mass is 9.99. The molecule has 12 rings (SSSR count). The zero-order valence-corrected chi connectivity index (χ0v) is 34.8. The minimum atomic E-state index is 0.710. The van der Waals surface area contributed by atoms with Crippen LogP contribution in [-0.4, -0.2) is 4.57 Å². The summed E-state index contributed by atoms with van der Waals surface area (Å²) in [7, 11) is 0. The molecule has 11 aromatic rings. The van der Waals surface area contributed by atoms with Gasteiger partial charge in [-0.3, -0.25) is 0 Å². The maximum atomic E-state index is 6.34. The summed E-state index contributed by atoms with van der Waals surface area (Å²) >= 11 is 0. The van der Waals surface area contributed by atoms with Gasteiger partial charge in [0.2, 0.25) is 0 Å². The van der Waals surface area contributed by atoms with Crippen LogP contribution in [0.4, 0.5) is 17.1 Å². The molecule has 4 nitrogen and oxygen atoms in total. The number of fused-ring (bicyclic) bond motifs is 5. The molecule has 0 aliphatic carbocycles. The van der Waals surface area contributed by atoms with Gasteiger partial charge in [-0.25, -0.2) is 0 Å². The molecule has 1 aliphatic rings. The largest absolute Gasteiger partial charge is 0.449 e. The fourth-order valence-electron chi connectivity index (χ4n) is 9.04. The molecule has 0 saturated carbocycles. The second-order valence-electron chi connectivity index (χ2n) is 16.2. The molecule has 1 aliphatic heterocycles. The zero-order valence-electron chi connectivity index (χ0n) is 34.8. The monoisotopic (exact) mass is 820 g/mol. The van der Waals surface area contributed by atoms with E-state index in [0.29, 0.717) is 5.75 Å². The Balaban J connectivity index is 0.822. The van der Waals surface area contributed by atoms with Crippen LogP contribution in [0.25, 0.3) is 72.0 Å². The SMILES string of the molecule is c1ccc(-c2ccc(N(c3ccc(-c4ccccc4)cc3)c3ccc(-c4ccc(-c5ccc(-n6c7ccccc7c7cc8c(cc76)Oc6ccccc6O8)cc5)cc4)cc3)cc2)cc1. The lowest BCUT2D eigenvalue weighted by molar-refractivity contribution is 0.360. The number of nitrogens with zero attached hydrogens (tertiary/aromatic N) is 2. The predicted octanol–water partition coefficient (Wildman–Crippen LogP) is 16.8. The van der Waals surface area contributed by atoms with E-state index in [4.69, 9.17) is 9.47 Å². The van der Waals surface area contributed by atoms with Crippen LogP contribution in [0.2, 0.25) is 0 Å². The maximum Gasteiger partial charge on any atom is 0.172 e. The van der Waals surface area contributed by atoms with E-state index in [-0.39, 0.29) is 0 Å². The highest BCUT2D eigenvalue weighted by Crippen LogP contribution is 2.48. The number of anilines is 3. The van der Waals surface area contributed by atoms with Crippen molar-refractivity contribution in [2.24, 2.45) is 0 Å². The van der Waals surface area contributed by atoms with E-state index in [2.05, 4.69) is 228 Å². The van der Waals surface area contributed by atoms with Crippen molar-refractivity contribution in [1.82, 2.24) is 4.57 Å². The molecule has 0 radical (unpaired) electrons. The third-order valence-electron chi connectivity index (χ3n) is 12.3. The first kappa shape index (κ1) is 37.2. The summed E-state index contributed by atoms with van der Waals surface area (Å²) in [5, 5.41) is 2.28. The second-order valence-corrected chi connectivity index (χ2v) is 16.2.